The van der Waals surface area contributed by atoms with E-state index in [9.17, 15) is 4.79 Å². The molecule has 3 aliphatic rings. The van der Waals surface area contributed by atoms with E-state index in [0.29, 0.717) is 0 Å². The van der Waals surface area contributed by atoms with Crippen molar-refractivity contribution in [3.63, 3.8) is 0 Å². The summed E-state index contributed by atoms with van der Waals surface area (Å²) in [7, 11) is 2.15. The molecule has 0 aliphatic carbocycles. The summed E-state index contributed by atoms with van der Waals surface area (Å²) in [4.78, 5) is 30.0. The quantitative estimate of drug-likeness (QED) is 0.733. The normalized spacial score (nSPS) is 24.9. The van der Waals surface area contributed by atoms with E-state index < -0.39 is 0 Å². The lowest BCUT2D eigenvalue weighted by atomic mass is 9.91. The van der Waals surface area contributed by atoms with Gasteiger partial charge in [0, 0.05) is 50.9 Å². The minimum absolute atomic E-state index is 0.0873. The molecule has 7 heteroatoms. The molecular weight excluding hydrogens is 412 g/mol. The molecule has 3 fully saturated rings. The van der Waals surface area contributed by atoms with Crippen molar-refractivity contribution in [2.75, 3.05) is 51.2 Å². The maximum absolute atomic E-state index is 13.5. The third-order valence-electron chi connectivity index (χ3n) is 7.48. The van der Waals surface area contributed by atoms with Gasteiger partial charge in [-0.15, -0.1) is 0 Å². The molecule has 0 unspecified atom stereocenters. The second kappa shape index (κ2) is 10.2. The van der Waals surface area contributed by atoms with E-state index in [1.807, 2.05) is 12.3 Å². The monoisotopic (exact) mass is 448 g/mol. The molecule has 176 valence electrons. The minimum atomic E-state index is -0.0882. The highest BCUT2D eigenvalue weighted by Gasteiger charge is 2.40. The molecule has 1 N–H and O–H groups in total. The first-order valence-electron chi connectivity index (χ1n) is 12.5. The summed E-state index contributed by atoms with van der Waals surface area (Å²) in [5.41, 5.74) is 2.29. The van der Waals surface area contributed by atoms with Crippen LogP contribution in [-0.2, 0) is 11.3 Å². The number of rotatable bonds is 6. The fraction of sp³-hybridized carbons (Fsp3) is 0.577. The molecule has 5 rings (SSSR count). The fourth-order valence-corrected chi connectivity index (χ4v) is 5.52. The molecule has 33 heavy (non-hydrogen) atoms. The molecule has 7 nitrogen and oxygen atoms in total. The molecule has 0 spiro atoms. The highest BCUT2D eigenvalue weighted by atomic mass is 16.2. The standard InChI is InChI=1S/C26H36N6O/c1-30-15-10-21(11-16-30)28-25(33)23-19-31(17-20-7-3-2-4-8-20)18-22(23)24-9-12-27-26(29-24)32-13-5-6-14-32/h2-4,7-9,12,21-23H,5-6,10-11,13-19H2,1H3,(H,28,33)/t22-,23-/m0/s1. The number of nitrogens with one attached hydrogen (secondary N) is 1. The van der Waals surface area contributed by atoms with E-state index in [2.05, 4.69) is 62.4 Å². The lowest BCUT2D eigenvalue weighted by Gasteiger charge is -2.30. The van der Waals surface area contributed by atoms with E-state index in [0.717, 1.165) is 70.3 Å². The number of anilines is 1. The van der Waals surface area contributed by atoms with Crippen LogP contribution in [-0.4, -0.2) is 78.0 Å². The van der Waals surface area contributed by atoms with Gasteiger partial charge in [-0.25, -0.2) is 9.97 Å². The van der Waals surface area contributed by atoms with Crippen LogP contribution in [0, 0.1) is 5.92 Å². The van der Waals surface area contributed by atoms with Crippen molar-refractivity contribution >= 4 is 11.9 Å². The Balaban J connectivity index is 1.34. The van der Waals surface area contributed by atoms with Crippen LogP contribution < -0.4 is 10.2 Å². The Morgan fingerprint density at radius 1 is 1.03 bits per heavy atom. The molecular formula is C26H36N6O. The van der Waals surface area contributed by atoms with Gasteiger partial charge in [-0.2, -0.15) is 0 Å². The van der Waals surface area contributed by atoms with Gasteiger partial charge in [-0.05, 0) is 57.5 Å². The third-order valence-corrected chi connectivity index (χ3v) is 7.48. The molecule has 2 aromatic rings. The second-order valence-electron chi connectivity index (χ2n) is 9.95. The number of piperidine rings is 1. The van der Waals surface area contributed by atoms with Crippen molar-refractivity contribution in [2.45, 2.75) is 44.2 Å². The Morgan fingerprint density at radius 3 is 2.55 bits per heavy atom. The summed E-state index contributed by atoms with van der Waals surface area (Å²) in [5, 5.41) is 3.39. The first-order chi connectivity index (χ1) is 16.2. The number of amides is 1. The SMILES string of the molecule is CN1CCC(NC(=O)[C@H]2CN(Cc3ccccc3)C[C@@H]2c2ccnc(N3CCCC3)n2)CC1. The van der Waals surface area contributed by atoms with Crippen molar-refractivity contribution < 1.29 is 4.79 Å². The summed E-state index contributed by atoms with van der Waals surface area (Å²) >= 11 is 0. The van der Waals surface area contributed by atoms with Crippen molar-refractivity contribution in [3.05, 3.63) is 53.9 Å². The molecule has 4 heterocycles. The zero-order valence-electron chi connectivity index (χ0n) is 19.7. The van der Waals surface area contributed by atoms with Gasteiger partial charge in [0.05, 0.1) is 11.6 Å². The van der Waals surface area contributed by atoms with E-state index in [-0.39, 0.29) is 23.8 Å². The van der Waals surface area contributed by atoms with Gasteiger partial charge in [-0.3, -0.25) is 9.69 Å². The van der Waals surface area contributed by atoms with Crippen LogP contribution in [0.25, 0.3) is 0 Å². The summed E-state index contributed by atoms with van der Waals surface area (Å²) in [6, 6.07) is 12.8. The van der Waals surface area contributed by atoms with Crippen LogP contribution in [0.15, 0.2) is 42.6 Å². The summed E-state index contributed by atoms with van der Waals surface area (Å²) < 4.78 is 0. The van der Waals surface area contributed by atoms with Gasteiger partial charge in [-0.1, -0.05) is 30.3 Å². The Labute approximate surface area is 197 Å². The number of aromatic nitrogens is 2. The molecule has 1 amide bonds. The Hall–Kier alpha value is -2.51. The topological polar surface area (TPSA) is 64.6 Å². The Kier molecular flexibility index (Phi) is 6.88. The van der Waals surface area contributed by atoms with Crippen LogP contribution >= 0.6 is 0 Å². The average Bonchev–Trinajstić information content (AvgIpc) is 3.52. The molecule has 2 atom stereocenters. The van der Waals surface area contributed by atoms with Gasteiger partial charge in [0.2, 0.25) is 11.9 Å². The Bertz CT molecular complexity index is 923. The third kappa shape index (κ3) is 5.36. The summed E-state index contributed by atoms with van der Waals surface area (Å²) in [5.74, 6) is 1.01. The highest BCUT2D eigenvalue weighted by molar-refractivity contribution is 5.80. The highest BCUT2D eigenvalue weighted by Crippen LogP contribution is 2.34. The molecule has 3 saturated heterocycles. The Morgan fingerprint density at radius 2 is 1.79 bits per heavy atom. The summed E-state index contributed by atoms with van der Waals surface area (Å²) in [6.07, 6.45) is 6.33. The number of carbonyl (C=O) groups is 1. The molecule has 0 radical (unpaired) electrons. The number of benzene rings is 1. The predicted molar refractivity (Wildman–Crippen MR) is 130 cm³/mol. The predicted octanol–water partition coefficient (Wildman–Crippen LogP) is 2.50. The lowest BCUT2D eigenvalue weighted by molar-refractivity contribution is -0.126. The first-order valence-corrected chi connectivity index (χ1v) is 12.5. The van der Waals surface area contributed by atoms with E-state index in [1.54, 1.807) is 0 Å². The molecule has 1 aromatic heterocycles. The average molecular weight is 449 g/mol. The zero-order chi connectivity index (χ0) is 22.6. The zero-order valence-corrected chi connectivity index (χ0v) is 19.7. The summed E-state index contributed by atoms with van der Waals surface area (Å²) in [6.45, 7) is 6.61. The van der Waals surface area contributed by atoms with E-state index >= 15 is 0 Å². The number of hydrogen-bond acceptors (Lipinski definition) is 6. The molecule has 0 saturated carbocycles. The lowest BCUT2D eigenvalue weighted by Crippen LogP contribution is -2.46. The first kappa shape index (κ1) is 22.3. The van der Waals surface area contributed by atoms with Gasteiger partial charge in [0.1, 0.15) is 0 Å². The second-order valence-corrected chi connectivity index (χ2v) is 9.95. The van der Waals surface area contributed by atoms with Crippen LogP contribution in [0.2, 0.25) is 0 Å². The van der Waals surface area contributed by atoms with Crippen LogP contribution in [0.4, 0.5) is 5.95 Å². The van der Waals surface area contributed by atoms with Crippen LogP contribution in [0.1, 0.15) is 42.9 Å². The van der Waals surface area contributed by atoms with Crippen molar-refractivity contribution in [1.82, 2.24) is 25.1 Å². The van der Waals surface area contributed by atoms with Crippen molar-refractivity contribution in [1.29, 1.82) is 0 Å². The minimum Gasteiger partial charge on any atom is -0.353 e. The maximum atomic E-state index is 13.5. The number of hydrogen-bond donors (Lipinski definition) is 1. The van der Waals surface area contributed by atoms with Gasteiger partial charge in [0.25, 0.3) is 0 Å². The maximum Gasteiger partial charge on any atom is 0.225 e. The number of carbonyl (C=O) groups excluding carboxylic acids is 1. The van der Waals surface area contributed by atoms with Crippen LogP contribution in [0.5, 0.6) is 0 Å². The van der Waals surface area contributed by atoms with Crippen molar-refractivity contribution in [2.24, 2.45) is 5.92 Å². The van der Waals surface area contributed by atoms with Gasteiger partial charge < -0.3 is 15.1 Å². The number of likely N-dealkylation sites (tertiary alicyclic amines) is 2. The van der Waals surface area contributed by atoms with Crippen LogP contribution in [0.3, 0.4) is 0 Å². The van der Waals surface area contributed by atoms with Gasteiger partial charge >= 0.3 is 0 Å². The molecule has 3 aliphatic heterocycles. The van der Waals surface area contributed by atoms with E-state index in [4.69, 9.17) is 4.98 Å². The molecule has 0 bridgehead atoms. The van der Waals surface area contributed by atoms with E-state index in [1.165, 1.54) is 18.4 Å². The fourth-order valence-electron chi connectivity index (χ4n) is 5.52. The number of nitrogens with zero attached hydrogens (tertiary/aromatic N) is 5. The molecule has 1 aromatic carbocycles. The largest absolute Gasteiger partial charge is 0.353 e. The van der Waals surface area contributed by atoms with Gasteiger partial charge in [0.15, 0.2) is 0 Å². The smallest absolute Gasteiger partial charge is 0.225 e. The van der Waals surface area contributed by atoms with Crippen molar-refractivity contribution in [3.8, 4) is 0 Å².